The Balaban J connectivity index is 0.000000154. The topological polar surface area (TPSA) is 328 Å². The summed E-state index contributed by atoms with van der Waals surface area (Å²) >= 11 is 23.5. The molecule has 117 heavy (non-hydrogen) atoms. The van der Waals surface area contributed by atoms with Crippen LogP contribution in [0.4, 0.5) is 0 Å². The molecular formula is C91H89Cl4N7O15. The van der Waals surface area contributed by atoms with Gasteiger partial charge >= 0.3 is 0 Å². The van der Waals surface area contributed by atoms with Gasteiger partial charge < -0.3 is 66.0 Å². The number of β-amino-alcohol motifs (C(OH)–C–C–N with tert-alkyl or cyclic N) is 4. The Kier molecular flexibility index (Phi) is 30.7. The average Bonchev–Trinajstić information content (AvgIpc) is 1.77. The fourth-order valence-electron chi connectivity index (χ4n) is 14.4. The molecule has 4 fully saturated rings. The summed E-state index contributed by atoms with van der Waals surface area (Å²) in [5.41, 5.74) is 9.20. The molecule has 0 spiro atoms. The van der Waals surface area contributed by atoms with E-state index < -0.39 is 48.6 Å². The number of Topliss-reactive ketones (excluding diaryl/α,β-unsaturated/α-hetero) is 2. The second-order valence-electron chi connectivity index (χ2n) is 29.1. The quantitative estimate of drug-likeness (QED) is 0.0304. The van der Waals surface area contributed by atoms with E-state index in [1.54, 1.807) is 158 Å². The van der Waals surface area contributed by atoms with Crippen LogP contribution in [0.15, 0.2) is 243 Å². The number of benzene rings is 9. The van der Waals surface area contributed by atoms with Crippen molar-refractivity contribution in [2.24, 2.45) is 0 Å². The maximum absolute atomic E-state index is 13.2. The van der Waals surface area contributed by atoms with Gasteiger partial charge in [-0.15, -0.1) is 0 Å². The number of hydrogen-bond acceptors (Lipinski definition) is 16. The number of nitrogens with zero attached hydrogens (tertiary/aromatic N) is 5. The number of amides is 6. The van der Waals surface area contributed by atoms with Gasteiger partial charge in [-0.1, -0.05) is 162 Å². The number of aliphatic hydroxyl groups is 4. The van der Waals surface area contributed by atoms with E-state index in [1.807, 2.05) is 72.8 Å². The molecule has 4 aliphatic heterocycles. The summed E-state index contributed by atoms with van der Waals surface area (Å²) in [5.74, 6) is -1.32. The van der Waals surface area contributed by atoms with Crippen molar-refractivity contribution in [3.63, 3.8) is 0 Å². The molecule has 0 unspecified atom stereocenters. The minimum Gasteiger partial charge on any atom is -0.508 e. The number of carbonyl (C=O) groups is 8. The molecule has 0 saturated carbocycles. The number of phenolic OH excluding ortho intramolecular Hbond substituents is 3. The highest BCUT2D eigenvalue weighted by Crippen LogP contribution is 2.31. The molecule has 26 heteroatoms. The molecule has 4 saturated heterocycles. The Bertz CT molecular complexity index is 5090. The van der Waals surface area contributed by atoms with Gasteiger partial charge in [0.05, 0.1) is 49.3 Å². The first-order chi connectivity index (χ1) is 56.2. The van der Waals surface area contributed by atoms with Crippen molar-refractivity contribution in [1.82, 2.24) is 35.2 Å². The smallest absolute Gasteiger partial charge is 0.254 e. The minimum absolute atomic E-state index is 0.0223. The normalized spacial score (nSPS) is 18.6. The molecule has 1 aromatic heterocycles. The number of rotatable bonds is 22. The second-order valence-corrected chi connectivity index (χ2v) is 30.9. The SMILES string of the molecule is O=C(CCc1ccc(Cl)cc1)[C@@H]1C[C@@H](O)CN1C(=O)Cc1cccc(O)c1.O=C(CCc1ccc(Cl)cc1)[C@@H]1C[C@@H](O)CN1C(=O)Cc1ccccn1.O=C(NCc1ccc(Cl)cc1)[C@@H]1C[C@@H](O)CN1C(=O)c1cccc(-c2ccc(O)cc2)c1.O=C(NCc1ccc(Cl)cc1)[C@@H]1C[C@@H](O)CN1C(=O)c1cccc(-c2cccc(O)c2)c1. The highest BCUT2D eigenvalue weighted by atomic mass is 35.5. The molecule has 4 aliphatic rings. The van der Waals surface area contributed by atoms with Crippen LogP contribution in [0.25, 0.3) is 22.3 Å². The lowest BCUT2D eigenvalue weighted by Crippen LogP contribution is -2.45. The predicted octanol–water partition coefficient (Wildman–Crippen LogP) is 12.4. The van der Waals surface area contributed by atoms with Gasteiger partial charge in [0.15, 0.2) is 11.6 Å². The van der Waals surface area contributed by atoms with Crippen LogP contribution in [0.2, 0.25) is 20.1 Å². The van der Waals surface area contributed by atoms with Crippen LogP contribution in [0.3, 0.4) is 0 Å². The van der Waals surface area contributed by atoms with E-state index >= 15 is 0 Å². The number of aryl methyl sites for hydroxylation is 2. The van der Waals surface area contributed by atoms with Crippen LogP contribution < -0.4 is 10.6 Å². The summed E-state index contributed by atoms with van der Waals surface area (Å²) in [5, 5.41) is 77.3. The monoisotopic (exact) mass is 1660 g/mol. The van der Waals surface area contributed by atoms with E-state index in [9.17, 15) is 74.1 Å². The third-order valence-corrected chi connectivity index (χ3v) is 21.5. The van der Waals surface area contributed by atoms with Crippen LogP contribution in [0.5, 0.6) is 17.2 Å². The van der Waals surface area contributed by atoms with E-state index in [1.165, 1.54) is 31.7 Å². The van der Waals surface area contributed by atoms with Crippen molar-refractivity contribution >= 4 is 93.4 Å². The molecule has 9 aromatic carbocycles. The maximum atomic E-state index is 13.2. The summed E-state index contributed by atoms with van der Waals surface area (Å²) in [6, 6.07) is 65.8. The highest BCUT2D eigenvalue weighted by Gasteiger charge is 2.43. The molecule has 5 heterocycles. The van der Waals surface area contributed by atoms with Crippen molar-refractivity contribution in [1.29, 1.82) is 0 Å². The number of pyridine rings is 1. The lowest BCUT2D eigenvalue weighted by molar-refractivity contribution is -0.137. The van der Waals surface area contributed by atoms with Gasteiger partial charge in [-0.05, 0) is 184 Å². The number of aromatic nitrogens is 1. The first-order valence-corrected chi connectivity index (χ1v) is 39.8. The van der Waals surface area contributed by atoms with Gasteiger partial charge in [-0.3, -0.25) is 43.3 Å². The van der Waals surface area contributed by atoms with Gasteiger partial charge in [-0.2, -0.15) is 0 Å². The molecule has 0 bridgehead atoms. The fraction of sp³-hybridized carbons (Fsp3) is 0.264. The molecular weight excluding hydrogens is 1570 g/mol. The maximum Gasteiger partial charge on any atom is 0.254 e. The molecule has 10 aromatic rings. The minimum atomic E-state index is -0.764. The predicted molar refractivity (Wildman–Crippen MR) is 446 cm³/mol. The molecule has 8 atom stereocenters. The van der Waals surface area contributed by atoms with Crippen molar-refractivity contribution in [3.8, 4) is 39.5 Å². The van der Waals surface area contributed by atoms with Gasteiger partial charge in [0.1, 0.15) is 29.3 Å². The van der Waals surface area contributed by atoms with E-state index in [2.05, 4.69) is 15.6 Å². The van der Waals surface area contributed by atoms with Crippen molar-refractivity contribution in [2.45, 2.75) is 126 Å². The zero-order valence-electron chi connectivity index (χ0n) is 63.7. The van der Waals surface area contributed by atoms with Crippen molar-refractivity contribution in [2.75, 3.05) is 26.2 Å². The lowest BCUT2D eigenvalue weighted by Gasteiger charge is -2.24. The number of ketones is 2. The zero-order valence-corrected chi connectivity index (χ0v) is 66.7. The summed E-state index contributed by atoms with van der Waals surface area (Å²) in [6.45, 7) is 1.16. The summed E-state index contributed by atoms with van der Waals surface area (Å²) in [4.78, 5) is 113. The molecule has 606 valence electrons. The first kappa shape index (κ1) is 86.5. The summed E-state index contributed by atoms with van der Waals surface area (Å²) < 4.78 is 0. The number of aromatic hydroxyl groups is 3. The van der Waals surface area contributed by atoms with Crippen molar-refractivity contribution in [3.05, 3.63) is 308 Å². The molecule has 0 aliphatic carbocycles. The number of hydrogen-bond donors (Lipinski definition) is 9. The molecule has 14 rings (SSSR count). The Hall–Kier alpha value is -11.3. The number of nitrogens with one attached hydrogen (secondary N) is 2. The Labute approximate surface area is 697 Å². The Morgan fingerprint density at radius 3 is 1.15 bits per heavy atom. The molecule has 22 nitrogen and oxygen atoms in total. The van der Waals surface area contributed by atoms with Crippen LogP contribution in [0.1, 0.15) is 92.8 Å². The van der Waals surface area contributed by atoms with Crippen LogP contribution in [-0.4, -0.2) is 182 Å². The number of aliphatic hydroxyl groups excluding tert-OH is 4. The van der Waals surface area contributed by atoms with Crippen LogP contribution >= 0.6 is 46.4 Å². The lowest BCUT2D eigenvalue weighted by atomic mass is 10.0. The van der Waals surface area contributed by atoms with E-state index in [0.29, 0.717) is 87.7 Å². The third kappa shape index (κ3) is 24.9. The number of carbonyl (C=O) groups excluding carboxylic acids is 8. The van der Waals surface area contributed by atoms with Crippen molar-refractivity contribution < 1.29 is 74.1 Å². The Morgan fingerprint density at radius 2 is 0.726 bits per heavy atom. The van der Waals surface area contributed by atoms with E-state index in [4.69, 9.17) is 46.4 Å². The first-order valence-electron chi connectivity index (χ1n) is 38.2. The molecule has 0 radical (unpaired) electrons. The zero-order chi connectivity index (χ0) is 83.2. The Morgan fingerprint density at radius 1 is 0.350 bits per heavy atom. The van der Waals surface area contributed by atoms with E-state index in [-0.39, 0.29) is 123 Å². The highest BCUT2D eigenvalue weighted by molar-refractivity contribution is 6.31. The van der Waals surface area contributed by atoms with E-state index in [0.717, 1.165) is 44.5 Å². The van der Waals surface area contributed by atoms with Gasteiger partial charge in [0.2, 0.25) is 23.6 Å². The number of halogens is 4. The molecule has 9 N–H and O–H groups in total. The fourth-order valence-corrected chi connectivity index (χ4v) is 14.9. The molecule has 6 amide bonds. The summed E-state index contributed by atoms with van der Waals surface area (Å²) in [7, 11) is 0. The van der Waals surface area contributed by atoms with Crippen LogP contribution in [0, 0.1) is 0 Å². The van der Waals surface area contributed by atoms with Gasteiger partial charge in [-0.25, -0.2) is 0 Å². The summed E-state index contributed by atoms with van der Waals surface area (Å²) in [6.07, 6.45) is 1.70. The van der Waals surface area contributed by atoms with Gasteiger partial charge in [0.25, 0.3) is 11.8 Å². The van der Waals surface area contributed by atoms with Crippen LogP contribution in [-0.2, 0) is 67.5 Å². The standard InChI is InChI=1S/2C25H23ClN2O4.C21H22ClNO4.C20H21ClN2O3/c26-20-9-7-16(8-10-20)14-27-24(31)23-13-22(30)15-28(23)25(32)19-5-1-3-17(11-19)18-4-2-6-21(29)12-18;26-20-8-4-16(5-9-20)14-27-24(31)23-13-22(30)15-28(23)25(32)19-3-1-2-18(12-19)17-6-10-21(29)11-7-17;22-16-7-4-14(5-8-16)6-9-20(26)19-12-18(25)13-23(19)21(27)11-15-2-1-3-17(24)10-15;21-15-7-4-14(5-8-15)6-9-19(25)18-12-17(24)13-23(18)20(26)11-16-3-1-2-10-22-16/h2*1-12,22-23,29-30H,13-15H2,(H,27,31);1-5,7-8,10,18-19,24-25H,6,9,11-13H2;1-5,7-8,10,17-18,24H,6,9,11-13H2/t2*22-,23+;18-,19+;17-,18+/m1111/s1. The number of phenols is 3. The number of likely N-dealkylation sites (tertiary alicyclic amines) is 4. The largest absolute Gasteiger partial charge is 0.508 e. The third-order valence-electron chi connectivity index (χ3n) is 20.5. The second kappa shape index (κ2) is 41.5. The van der Waals surface area contributed by atoms with Gasteiger partial charge in [0, 0.05) is 121 Å². The average molecular weight is 1660 g/mol.